The monoisotopic (exact) mass is 411 g/mol. The molecule has 2 heterocycles. The van der Waals surface area contributed by atoms with Crippen LogP contribution in [0.25, 0.3) is 16.2 Å². The van der Waals surface area contributed by atoms with E-state index in [-0.39, 0.29) is 24.1 Å². The van der Waals surface area contributed by atoms with Gasteiger partial charge in [-0.15, -0.1) is 23.7 Å². The topological polar surface area (TPSA) is 59.2 Å². The van der Waals surface area contributed by atoms with Crippen LogP contribution in [0.4, 0.5) is 10.2 Å². The molecule has 0 aliphatic heterocycles. The lowest BCUT2D eigenvalue weighted by molar-refractivity contribution is -0.125. The number of hydrogen-bond donors (Lipinski definition) is 1. The molecule has 1 aromatic carbocycles. The zero-order chi connectivity index (χ0) is 18.0. The number of fused-ring (bicyclic) bond motifs is 1. The van der Waals surface area contributed by atoms with Crippen LogP contribution in [0.15, 0.2) is 42.6 Å². The van der Waals surface area contributed by atoms with E-state index in [9.17, 15) is 9.18 Å². The largest absolute Gasteiger partial charge is 0.384 e. The second-order valence-corrected chi connectivity index (χ2v) is 7.01. The van der Waals surface area contributed by atoms with Gasteiger partial charge in [0.2, 0.25) is 5.91 Å². The van der Waals surface area contributed by atoms with Gasteiger partial charge in [-0.25, -0.2) is 9.37 Å². The lowest BCUT2D eigenvalue weighted by Gasteiger charge is -2.14. The number of likely N-dealkylation sites (N-methyl/N-ethyl adjacent to an activating group) is 1. The summed E-state index contributed by atoms with van der Waals surface area (Å²) in [5.74, 6) is -0.118. The molecule has 2 N–H and O–H groups in total. The Morgan fingerprint density at radius 2 is 2.15 bits per heavy atom. The lowest BCUT2D eigenvalue weighted by Crippen LogP contribution is -2.23. The molecular formula is C18H16Cl2FN3OS. The molecular weight excluding hydrogens is 396 g/mol. The molecule has 1 amide bonds. The predicted octanol–water partition coefficient (Wildman–Crippen LogP) is 4.76. The minimum atomic E-state index is -0.352. The summed E-state index contributed by atoms with van der Waals surface area (Å²) >= 11 is 7.68. The van der Waals surface area contributed by atoms with Crippen LogP contribution in [0.3, 0.4) is 0 Å². The van der Waals surface area contributed by atoms with Gasteiger partial charge in [0.05, 0.1) is 11.6 Å². The van der Waals surface area contributed by atoms with Gasteiger partial charge in [-0.1, -0.05) is 17.7 Å². The highest BCUT2D eigenvalue weighted by atomic mass is 35.5. The van der Waals surface area contributed by atoms with Gasteiger partial charge in [-0.2, -0.15) is 0 Å². The number of carbonyl (C=O) groups excluding carboxylic acids is 1. The number of aromatic nitrogens is 1. The molecule has 0 saturated carbocycles. The number of thiophene rings is 1. The Balaban J connectivity index is 0.00000243. The smallest absolute Gasteiger partial charge is 0.246 e. The standard InChI is InChI=1S/C18H15ClFN3OS.ClH/c1-23(16(24)8-6-11-5-7-15(21)22-9-11)10-14-18(19)17-12(20)3-2-4-13(17)25-14;/h2-9H,10H2,1H3,(H2,21,22);1H. The van der Waals surface area contributed by atoms with E-state index in [1.165, 1.54) is 28.4 Å². The third-order valence-corrected chi connectivity index (χ3v) is 5.33. The molecule has 0 aliphatic rings. The second-order valence-electron chi connectivity index (χ2n) is 5.50. The van der Waals surface area contributed by atoms with Crippen molar-refractivity contribution in [2.75, 3.05) is 12.8 Å². The van der Waals surface area contributed by atoms with E-state index in [1.807, 2.05) is 6.07 Å². The number of nitrogen functional groups attached to an aromatic ring is 1. The molecule has 0 atom stereocenters. The SMILES string of the molecule is CN(Cc1sc2cccc(F)c2c1Cl)C(=O)C=Cc1ccc(N)nc1.Cl. The summed E-state index contributed by atoms with van der Waals surface area (Å²) in [6.07, 6.45) is 4.71. The Hall–Kier alpha value is -2.15. The molecule has 136 valence electrons. The van der Waals surface area contributed by atoms with E-state index in [2.05, 4.69) is 4.98 Å². The number of carbonyl (C=O) groups is 1. The zero-order valence-corrected chi connectivity index (χ0v) is 16.2. The molecule has 0 aliphatic carbocycles. The summed E-state index contributed by atoms with van der Waals surface area (Å²) < 4.78 is 14.7. The first kappa shape index (κ1) is 20.2. The van der Waals surface area contributed by atoms with Crippen LogP contribution in [0.1, 0.15) is 10.4 Å². The minimum absolute atomic E-state index is 0. The lowest BCUT2D eigenvalue weighted by atomic mass is 10.2. The number of anilines is 1. The molecule has 8 heteroatoms. The highest BCUT2D eigenvalue weighted by Crippen LogP contribution is 2.37. The summed E-state index contributed by atoms with van der Waals surface area (Å²) in [6, 6.07) is 8.28. The third-order valence-electron chi connectivity index (χ3n) is 3.66. The maximum Gasteiger partial charge on any atom is 0.246 e. The van der Waals surface area contributed by atoms with E-state index in [1.54, 1.807) is 37.5 Å². The third kappa shape index (κ3) is 4.33. The van der Waals surface area contributed by atoms with Gasteiger partial charge >= 0.3 is 0 Å². The second kappa shape index (κ2) is 8.49. The van der Waals surface area contributed by atoms with E-state index < -0.39 is 0 Å². The molecule has 0 spiro atoms. The fraction of sp³-hybridized carbons (Fsp3) is 0.111. The molecule has 26 heavy (non-hydrogen) atoms. The van der Waals surface area contributed by atoms with Gasteiger partial charge in [0.1, 0.15) is 11.6 Å². The van der Waals surface area contributed by atoms with Crippen LogP contribution in [0.5, 0.6) is 0 Å². The first-order valence-electron chi connectivity index (χ1n) is 7.46. The van der Waals surface area contributed by atoms with Crippen molar-refractivity contribution >= 4 is 63.2 Å². The average Bonchev–Trinajstić information content (AvgIpc) is 2.91. The summed E-state index contributed by atoms with van der Waals surface area (Å²) in [7, 11) is 1.67. The fourth-order valence-corrected chi connectivity index (χ4v) is 3.91. The van der Waals surface area contributed by atoms with Crippen molar-refractivity contribution in [2.24, 2.45) is 0 Å². The van der Waals surface area contributed by atoms with Gasteiger partial charge in [0, 0.05) is 34.3 Å². The molecule has 0 unspecified atom stereocenters. The first-order chi connectivity index (χ1) is 12.0. The number of amides is 1. The molecule has 0 radical (unpaired) electrons. The van der Waals surface area contributed by atoms with E-state index in [0.29, 0.717) is 22.8 Å². The summed E-state index contributed by atoms with van der Waals surface area (Å²) in [5.41, 5.74) is 6.30. The number of halogens is 3. The van der Waals surface area contributed by atoms with Gasteiger partial charge in [0.25, 0.3) is 0 Å². The molecule has 4 nitrogen and oxygen atoms in total. The minimum Gasteiger partial charge on any atom is -0.384 e. The van der Waals surface area contributed by atoms with Crippen molar-refractivity contribution < 1.29 is 9.18 Å². The van der Waals surface area contributed by atoms with Gasteiger partial charge in [-0.05, 0) is 35.9 Å². The van der Waals surface area contributed by atoms with E-state index in [4.69, 9.17) is 17.3 Å². The van der Waals surface area contributed by atoms with Crippen molar-refractivity contribution in [3.63, 3.8) is 0 Å². The number of benzene rings is 1. The summed E-state index contributed by atoms with van der Waals surface area (Å²) in [5, 5.41) is 0.776. The molecule has 0 saturated heterocycles. The number of pyridine rings is 1. The van der Waals surface area contributed by atoms with Crippen LogP contribution in [0, 0.1) is 5.82 Å². The molecule has 0 fully saturated rings. The molecule has 3 aromatic rings. The van der Waals surface area contributed by atoms with Gasteiger partial charge in [-0.3, -0.25) is 4.79 Å². The van der Waals surface area contributed by atoms with Crippen molar-refractivity contribution in [3.8, 4) is 0 Å². The normalized spacial score (nSPS) is 10.9. The quantitative estimate of drug-likeness (QED) is 0.629. The number of hydrogen-bond acceptors (Lipinski definition) is 4. The fourth-order valence-electron chi connectivity index (χ4n) is 2.32. The van der Waals surface area contributed by atoms with Crippen LogP contribution < -0.4 is 5.73 Å². The predicted molar refractivity (Wildman–Crippen MR) is 108 cm³/mol. The van der Waals surface area contributed by atoms with Crippen LogP contribution >= 0.6 is 35.3 Å². The maximum absolute atomic E-state index is 13.9. The summed E-state index contributed by atoms with van der Waals surface area (Å²) in [4.78, 5) is 18.5. The Morgan fingerprint density at radius 3 is 2.81 bits per heavy atom. The van der Waals surface area contributed by atoms with Crippen LogP contribution in [-0.4, -0.2) is 22.8 Å². The summed E-state index contributed by atoms with van der Waals surface area (Å²) in [6.45, 7) is 0.306. The average molecular weight is 412 g/mol. The maximum atomic E-state index is 13.9. The van der Waals surface area contributed by atoms with Crippen molar-refractivity contribution in [1.29, 1.82) is 0 Å². The van der Waals surface area contributed by atoms with Crippen molar-refractivity contribution in [1.82, 2.24) is 9.88 Å². The van der Waals surface area contributed by atoms with E-state index >= 15 is 0 Å². The Morgan fingerprint density at radius 1 is 1.38 bits per heavy atom. The molecule has 0 bridgehead atoms. The Kier molecular flexibility index (Phi) is 6.58. The highest BCUT2D eigenvalue weighted by molar-refractivity contribution is 7.19. The van der Waals surface area contributed by atoms with Crippen molar-refractivity contribution in [2.45, 2.75) is 6.54 Å². The number of nitrogens with two attached hydrogens (primary N) is 1. The Labute approximate surface area is 165 Å². The van der Waals surface area contributed by atoms with Crippen LogP contribution in [-0.2, 0) is 11.3 Å². The number of nitrogens with zero attached hydrogens (tertiary/aromatic N) is 2. The number of rotatable bonds is 4. The first-order valence-corrected chi connectivity index (χ1v) is 8.65. The molecule has 3 rings (SSSR count). The molecule has 2 aromatic heterocycles. The van der Waals surface area contributed by atoms with Crippen molar-refractivity contribution in [3.05, 3.63) is 63.9 Å². The van der Waals surface area contributed by atoms with Crippen LogP contribution in [0.2, 0.25) is 5.02 Å². The van der Waals surface area contributed by atoms with Gasteiger partial charge in [0.15, 0.2) is 0 Å². The highest BCUT2D eigenvalue weighted by Gasteiger charge is 2.16. The zero-order valence-electron chi connectivity index (χ0n) is 13.8. The van der Waals surface area contributed by atoms with Gasteiger partial charge < -0.3 is 10.6 Å². The Bertz CT molecular complexity index is 957. The van der Waals surface area contributed by atoms with E-state index in [0.717, 1.165) is 15.1 Å².